The van der Waals surface area contributed by atoms with Crippen molar-refractivity contribution in [3.8, 4) is 0 Å². The van der Waals surface area contributed by atoms with Crippen LogP contribution >= 0.6 is 11.6 Å². The second-order valence-corrected chi connectivity index (χ2v) is 12.7. The number of aromatic nitrogens is 4. The fourth-order valence-electron chi connectivity index (χ4n) is 7.12. The third kappa shape index (κ3) is 7.07. The topological polar surface area (TPSA) is 93.0 Å². The molecule has 6 rings (SSSR count). The van der Waals surface area contributed by atoms with Gasteiger partial charge in [-0.2, -0.15) is 5.10 Å². The number of fused-ring (bicyclic) bond motifs is 1. The molecule has 1 saturated carbocycles. The van der Waals surface area contributed by atoms with Gasteiger partial charge in [0, 0.05) is 42.5 Å². The van der Waals surface area contributed by atoms with Gasteiger partial charge in [0.05, 0.1) is 5.52 Å². The highest BCUT2D eigenvalue weighted by atomic mass is 35.5. The number of piperidine rings is 1. The molecule has 1 N–H and O–H groups in total. The van der Waals surface area contributed by atoms with Crippen molar-refractivity contribution in [2.24, 2.45) is 11.3 Å². The van der Waals surface area contributed by atoms with Crippen LogP contribution in [-0.4, -0.2) is 55.6 Å². The predicted octanol–water partition coefficient (Wildman–Crippen LogP) is 6.10. The van der Waals surface area contributed by atoms with Crippen molar-refractivity contribution in [2.75, 3.05) is 13.1 Å². The molecule has 1 aliphatic heterocycles. The molecule has 8 nitrogen and oxygen atoms in total. The summed E-state index contributed by atoms with van der Waals surface area (Å²) in [7, 11) is 0. The van der Waals surface area contributed by atoms with Gasteiger partial charge in [0.15, 0.2) is 0 Å². The number of rotatable bonds is 9. The summed E-state index contributed by atoms with van der Waals surface area (Å²) in [5.74, 6) is 0.443. The molecule has 224 valence electrons. The summed E-state index contributed by atoms with van der Waals surface area (Å²) in [6, 6.07) is 18.6. The number of carbonyl (C=O) groups is 2. The average Bonchev–Trinajstić information content (AvgIpc) is 3.55. The van der Waals surface area contributed by atoms with E-state index in [4.69, 9.17) is 11.6 Å². The van der Waals surface area contributed by atoms with E-state index in [1.54, 1.807) is 12.4 Å². The van der Waals surface area contributed by atoms with Gasteiger partial charge in [-0.3, -0.25) is 14.3 Å². The monoisotopic (exact) mass is 598 g/mol. The molecule has 0 unspecified atom stereocenters. The Labute approximate surface area is 257 Å². The highest BCUT2D eigenvalue weighted by molar-refractivity contribution is 6.30. The zero-order valence-corrected chi connectivity index (χ0v) is 25.3. The van der Waals surface area contributed by atoms with Gasteiger partial charge in [0.25, 0.3) is 5.91 Å². The van der Waals surface area contributed by atoms with Gasteiger partial charge in [-0.15, -0.1) is 0 Å². The van der Waals surface area contributed by atoms with E-state index < -0.39 is 0 Å². The van der Waals surface area contributed by atoms with Crippen LogP contribution in [0.2, 0.25) is 5.02 Å². The summed E-state index contributed by atoms with van der Waals surface area (Å²) in [6.45, 7) is 2.30. The minimum absolute atomic E-state index is 0.0729. The number of halogens is 1. The Morgan fingerprint density at radius 1 is 0.977 bits per heavy atom. The number of amides is 2. The van der Waals surface area contributed by atoms with Crippen LogP contribution in [0.1, 0.15) is 67.4 Å². The van der Waals surface area contributed by atoms with Gasteiger partial charge < -0.3 is 10.2 Å². The van der Waals surface area contributed by atoms with Crippen molar-refractivity contribution in [3.05, 3.63) is 89.6 Å². The molecule has 0 radical (unpaired) electrons. The summed E-state index contributed by atoms with van der Waals surface area (Å²) >= 11 is 6.12. The van der Waals surface area contributed by atoms with Gasteiger partial charge in [-0.25, -0.2) is 9.97 Å². The normalized spacial score (nSPS) is 17.9. The van der Waals surface area contributed by atoms with Crippen LogP contribution in [0.3, 0.4) is 0 Å². The Bertz CT molecular complexity index is 1530. The number of pyridine rings is 1. The molecule has 3 heterocycles. The average molecular weight is 599 g/mol. The SMILES string of the molecule is O=C(N[C@@H](CC(=O)N1CCC(Cn2cncn2)(C2CCCCC2)CC1)Cc1ccc(Cl)cc1)c1ccc2ccccc2n1. The lowest BCUT2D eigenvalue weighted by Gasteiger charge is -2.48. The molecule has 2 aliphatic rings. The van der Waals surface area contributed by atoms with Crippen LogP contribution in [0.4, 0.5) is 0 Å². The van der Waals surface area contributed by atoms with Crippen molar-refractivity contribution in [1.82, 2.24) is 30.0 Å². The van der Waals surface area contributed by atoms with Gasteiger partial charge in [0.2, 0.25) is 5.91 Å². The first-order valence-corrected chi connectivity index (χ1v) is 15.9. The number of hydrogen-bond donors (Lipinski definition) is 1. The van der Waals surface area contributed by atoms with Crippen molar-refractivity contribution in [3.63, 3.8) is 0 Å². The lowest BCUT2D eigenvalue weighted by atomic mass is 9.63. The van der Waals surface area contributed by atoms with Crippen molar-refractivity contribution in [1.29, 1.82) is 0 Å². The molecule has 2 amide bonds. The largest absolute Gasteiger partial charge is 0.347 e. The molecule has 1 saturated heterocycles. The maximum absolute atomic E-state index is 13.8. The van der Waals surface area contributed by atoms with Crippen LogP contribution in [0.15, 0.2) is 73.3 Å². The smallest absolute Gasteiger partial charge is 0.270 e. The molecule has 43 heavy (non-hydrogen) atoms. The number of carbonyl (C=O) groups excluding carboxylic acids is 2. The van der Waals surface area contributed by atoms with E-state index in [1.165, 1.54) is 32.1 Å². The Morgan fingerprint density at radius 3 is 2.49 bits per heavy atom. The van der Waals surface area contributed by atoms with E-state index in [1.807, 2.05) is 70.5 Å². The van der Waals surface area contributed by atoms with Crippen LogP contribution in [-0.2, 0) is 17.8 Å². The van der Waals surface area contributed by atoms with Crippen LogP contribution in [0.5, 0.6) is 0 Å². The van der Waals surface area contributed by atoms with E-state index in [9.17, 15) is 9.59 Å². The lowest BCUT2D eigenvalue weighted by Crippen LogP contribution is -2.50. The maximum Gasteiger partial charge on any atom is 0.270 e. The molecule has 1 atom stereocenters. The fourth-order valence-corrected chi connectivity index (χ4v) is 7.25. The molecule has 4 aromatic rings. The van der Waals surface area contributed by atoms with E-state index in [0.717, 1.165) is 48.9 Å². The molecule has 2 fully saturated rings. The molecule has 2 aromatic carbocycles. The molecular formula is C34H39ClN6O2. The summed E-state index contributed by atoms with van der Waals surface area (Å²) < 4.78 is 1.98. The molecule has 0 spiro atoms. The van der Waals surface area contributed by atoms with Crippen molar-refractivity contribution in [2.45, 2.75) is 70.4 Å². The maximum atomic E-state index is 13.8. The minimum Gasteiger partial charge on any atom is -0.347 e. The van der Waals surface area contributed by atoms with Crippen LogP contribution in [0, 0.1) is 11.3 Å². The number of nitrogens with one attached hydrogen (secondary N) is 1. The molecule has 2 aromatic heterocycles. The van der Waals surface area contributed by atoms with E-state index >= 15 is 0 Å². The van der Waals surface area contributed by atoms with Gasteiger partial charge in [0.1, 0.15) is 18.3 Å². The third-order valence-electron chi connectivity index (χ3n) is 9.51. The first kappa shape index (κ1) is 29.3. The van der Waals surface area contributed by atoms with Crippen molar-refractivity contribution >= 4 is 34.3 Å². The Kier molecular flexibility index (Phi) is 9.03. The molecule has 9 heteroatoms. The molecule has 0 bridgehead atoms. The van der Waals surface area contributed by atoms with Crippen LogP contribution in [0.25, 0.3) is 10.9 Å². The van der Waals surface area contributed by atoms with E-state index in [0.29, 0.717) is 23.1 Å². The second-order valence-electron chi connectivity index (χ2n) is 12.3. The summed E-state index contributed by atoms with van der Waals surface area (Å²) in [4.78, 5) is 37.9. The quantitative estimate of drug-likeness (QED) is 0.251. The Hall–Kier alpha value is -3.78. The molecular weight excluding hydrogens is 560 g/mol. The minimum atomic E-state index is -0.380. The number of benzene rings is 2. The summed E-state index contributed by atoms with van der Waals surface area (Å²) in [6.07, 6.45) is 12.5. The highest BCUT2D eigenvalue weighted by Crippen LogP contribution is 2.47. The first-order valence-electron chi connectivity index (χ1n) is 15.5. The fraction of sp³-hybridized carbons (Fsp3) is 0.441. The zero-order valence-electron chi connectivity index (χ0n) is 24.5. The summed E-state index contributed by atoms with van der Waals surface area (Å²) in [5.41, 5.74) is 2.25. The van der Waals surface area contributed by atoms with Gasteiger partial charge in [-0.1, -0.05) is 67.3 Å². The predicted molar refractivity (Wildman–Crippen MR) is 168 cm³/mol. The number of hydrogen-bond acceptors (Lipinski definition) is 5. The van der Waals surface area contributed by atoms with Crippen molar-refractivity contribution < 1.29 is 9.59 Å². The number of likely N-dealkylation sites (tertiary alicyclic amines) is 1. The van der Waals surface area contributed by atoms with Gasteiger partial charge in [-0.05, 0) is 73.3 Å². The van der Waals surface area contributed by atoms with E-state index in [-0.39, 0.29) is 29.7 Å². The zero-order chi connectivity index (χ0) is 29.6. The standard InChI is InChI=1S/C34H39ClN6O2/c35-28-13-10-25(11-14-28)20-29(38-33(43)31-15-12-26-6-4-5-9-30(26)39-31)21-32(42)40-18-16-34(17-19-40,22-41-24-36-23-37-41)27-7-2-1-3-8-27/h4-6,9-15,23-24,27,29H,1-3,7-8,16-22H2,(H,38,43)/t29-/m1/s1. The summed E-state index contributed by atoms with van der Waals surface area (Å²) in [5, 5.41) is 9.19. The second kappa shape index (κ2) is 13.2. The molecule has 1 aliphatic carbocycles. The number of nitrogens with zero attached hydrogens (tertiary/aromatic N) is 5. The first-order chi connectivity index (χ1) is 21.0. The highest BCUT2D eigenvalue weighted by Gasteiger charge is 2.43. The van der Waals surface area contributed by atoms with Crippen LogP contribution < -0.4 is 5.32 Å². The Morgan fingerprint density at radius 2 is 1.74 bits per heavy atom. The lowest BCUT2D eigenvalue weighted by molar-refractivity contribution is -0.135. The Balaban J connectivity index is 1.15. The van der Waals surface area contributed by atoms with E-state index in [2.05, 4.69) is 20.4 Å². The van der Waals surface area contributed by atoms with Gasteiger partial charge >= 0.3 is 0 Å². The third-order valence-corrected chi connectivity index (χ3v) is 9.76. The number of para-hydroxylation sites is 1.